The predicted octanol–water partition coefficient (Wildman–Crippen LogP) is 1.47. The molecule has 0 aliphatic carbocycles. The van der Waals surface area contributed by atoms with Gasteiger partial charge in [-0.15, -0.1) is 0 Å². The van der Waals surface area contributed by atoms with Crippen LogP contribution in [-0.4, -0.2) is 19.7 Å². The molecular weight excluding hydrogens is 224 g/mol. The average Bonchev–Trinajstić information content (AvgIpc) is 2.19. The first-order chi connectivity index (χ1) is 7.46. The molecule has 84 valence electrons. The van der Waals surface area contributed by atoms with E-state index in [2.05, 4.69) is 5.32 Å². The summed E-state index contributed by atoms with van der Waals surface area (Å²) in [6.45, 7) is 3.53. The Morgan fingerprint density at radius 2 is 2.12 bits per heavy atom. The molecule has 5 heteroatoms. The molecule has 2 atom stereocenters. The van der Waals surface area contributed by atoms with Crippen molar-refractivity contribution in [2.24, 2.45) is 0 Å². The molecule has 2 rings (SSSR count). The number of nitrogens with one attached hydrogen (secondary N) is 1. The minimum absolute atomic E-state index is 0.233. The van der Waals surface area contributed by atoms with E-state index in [4.69, 9.17) is 5.26 Å². The minimum Gasteiger partial charge on any atom is -0.379 e. The third kappa shape index (κ3) is 1.46. The first-order valence-corrected chi connectivity index (χ1v) is 6.52. The summed E-state index contributed by atoms with van der Waals surface area (Å²) in [5.41, 5.74) is 1.46. The third-order valence-corrected chi connectivity index (χ3v) is 4.88. The van der Waals surface area contributed by atoms with Crippen LogP contribution in [0, 0.1) is 18.3 Å². The zero-order chi connectivity index (χ0) is 11.9. The van der Waals surface area contributed by atoms with E-state index in [-0.39, 0.29) is 10.9 Å². The molecule has 0 spiro atoms. The van der Waals surface area contributed by atoms with Gasteiger partial charge in [0.25, 0.3) is 0 Å². The maximum Gasteiger partial charge on any atom is 0.198 e. The standard InChI is InChI=1S/C11H12N2O2S/c1-7-3-4-9-10(5-7)16(14,15)11(6-12)8(2)13-9/h3-5,8,11,13H,1-2H3. The van der Waals surface area contributed by atoms with Gasteiger partial charge in [0.1, 0.15) is 0 Å². The fraction of sp³-hybridized carbons (Fsp3) is 0.364. The number of anilines is 1. The van der Waals surface area contributed by atoms with Crippen LogP contribution in [0.3, 0.4) is 0 Å². The quantitative estimate of drug-likeness (QED) is 0.740. The number of hydrogen-bond donors (Lipinski definition) is 1. The van der Waals surface area contributed by atoms with Crippen LogP contribution in [0.15, 0.2) is 23.1 Å². The lowest BCUT2D eigenvalue weighted by Gasteiger charge is -2.28. The van der Waals surface area contributed by atoms with Crippen molar-refractivity contribution >= 4 is 15.5 Å². The van der Waals surface area contributed by atoms with Crippen LogP contribution in [-0.2, 0) is 9.84 Å². The monoisotopic (exact) mass is 236 g/mol. The molecule has 1 N–H and O–H groups in total. The lowest BCUT2D eigenvalue weighted by Crippen LogP contribution is -2.40. The Bertz CT molecular complexity index is 572. The second-order valence-electron chi connectivity index (χ2n) is 4.03. The highest BCUT2D eigenvalue weighted by atomic mass is 32.2. The van der Waals surface area contributed by atoms with Gasteiger partial charge in [-0.05, 0) is 31.5 Å². The topological polar surface area (TPSA) is 70.0 Å². The number of benzene rings is 1. The molecule has 0 radical (unpaired) electrons. The maximum absolute atomic E-state index is 12.1. The molecular formula is C11H12N2O2S. The smallest absolute Gasteiger partial charge is 0.198 e. The first kappa shape index (κ1) is 11.0. The summed E-state index contributed by atoms with van der Waals surface area (Å²) in [4.78, 5) is 0.233. The number of hydrogen-bond acceptors (Lipinski definition) is 4. The largest absolute Gasteiger partial charge is 0.379 e. The minimum atomic E-state index is -3.53. The van der Waals surface area contributed by atoms with Crippen LogP contribution in [0.5, 0.6) is 0 Å². The van der Waals surface area contributed by atoms with Crippen molar-refractivity contribution in [3.8, 4) is 6.07 Å². The predicted molar refractivity (Wildman–Crippen MR) is 60.9 cm³/mol. The molecule has 0 aromatic heterocycles. The van der Waals surface area contributed by atoms with Crippen LogP contribution >= 0.6 is 0 Å². The fourth-order valence-corrected chi connectivity index (χ4v) is 3.69. The van der Waals surface area contributed by atoms with Gasteiger partial charge in [-0.25, -0.2) is 8.42 Å². The Morgan fingerprint density at radius 1 is 1.44 bits per heavy atom. The Kier molecular flexibility index (Phi) is 2.39. The summed E-state index contributed by atoms with van der Waals surface area (Å²) in [6, 6.07) is 6.67. The Morgan fingerprint density at radius 3 is 2.75 bits per heavy atom. The van der Waals surface area contributed by atoms with E-state index in [0.717, 1.165) is 5.56 Å². The summed E-state index contributed by atoms with van der Waals surface area (Å²) < 4.78 is 24.3. The van der Waals surface area contributed by atoms with Crippen LogP contribution < -0.4 is 5.32 Å². The zero-order valence-corrected chi connectivity index (χ0v) is 9.88. The zero-order valence-electron chi connectivity index (χ0n) is 9.06. The molecule has 2 unspecified atom stereocenters. The van der Waals surface area contributed by atoms with Gasteiger partial charge >= 0.3 is 0 Å². The van der Waals surface area contributed by atoms with Gasteiger partial charge in [-0.1, -0.05) is 6.07 Å². The molecule has 0 saturated heterocycles. The Labute approximate surface area is 94.8 Å². The molecule has 0 fully saturated rings. The highest BCUT2D eigenvalue weighted by Crippen LogP contribution is 2.32. The van der Waals surface area contributed by atoms with Gasteiger partial charge in [0, 0.05) is 0 Å². The highest BCUT2D eigenvalue weighted by molar-refractivity contribution is 7.92. The molecule has 0 amide bonds. The molecule has 1 aromatic rings. The maximum atomic E-state index is 12.1. The van der Waals surface area contributed by atoms with Crippen LogP contribution in [0.25, 0.3) is 0 Å². The number of fused-ring (bicyclic) bond motifs is 1. The Balaban J connectivity index is 2.70. The van der Waals surface area contributed by atoms with Crippen molar-refractivity contribution < 1.29 is 8.42 Å². The molecule has 1 heterocycles. The van der Waals surface area contributed by atoms with Crippen molar-refractivity contribution in [1.82, 2.24) is 0 Å². The van der Waals surface area contributed by atoms with E-state index in [1.165, 1.54) is 0 Å². The van der Waals surface area contributed by atoms with E-state index >= 15 is 0 Å². The fourth-order valence-electron chi connectivity index (χ4n) is 1.89. The summed E-state index contributed by atoms with van der Waals surface area (Å²) in [7, 11) is -3.53. The van der Waals surface area contributed by atoms with Gasteiger partial charge < -0.3 is 5.32 Å². The van der Waals surface area contributed by atoms with E-state index < -0.39 is 15.1 Å². The van der Waals surface area contributed by atoms with Gasteiger partial charge in [-0.2, -0.15) is 5.26 Å². The number of sulfone groups is 1. The molecule has 1 aliphatic rings. The lowest BCUT2D eigenvalue weighted by molar-refractivity contribution is 0.578. The second kappa shape index (κ2) is 3.49. The van der Waals surface area contributed by atoms with E-state index in [1.54, 1.807) is 19.1 Å². The Hall–Kier alpha value is -1.54. The van der Waals surface area contributed by atoms with Gasteiger partial charge in [-0.3, -0.25) is 0 Å². The van der Waals surface area contributed by atoms with Crippen LogP contribution in [0.2, 0.25) is 0 Å². The van der Waals surface area contributed by atoms with Gasteiger partial charge in [0.15, 0.2) is 15.1 Å². The van der Waals surface area contributed by atoms with Gasteiger partial charge in [0.05, 0.1) is 22.7 Å². The summed E-state index contributed by atoms with van der Waals surface area (Å²) in [6.07, 6.45) is 0. The molecule has 1 aromatic carbocycles. The summed E-state index contributed by atoms with van der Waals surface area (Å²) in [5, 5.41) is 11.0. The summed E-state index contributed by atoms with van der Waals surface area (Å²) in [5.74, 6) is 0. The van der Waals surface area contributed by atoms with Gasteiger partial charge in [0.2, 0.25) is 0 Å². The average molecular weight is 236 g/mol. The van der Waals surface area contributed by atoms with E-state index in [1.807, 2.05) is 19.1 Å². The van der Waals surface area contributed by atoms with Crippen molar-refractivity contribution in [2.45, 2.75) is 30.0 Å². The molecule has 0 saturated carbocycles. The number of nitrogens with zero attached hydrogens (tertiary/aromatic N) is 1. The third-order valence-electron chi connectivity index (χ3n) is 2.74. The summed E-state index contributed by atoms with van der Waals surface area (Å²) >= 11 is 0. The van der Waals surface area contributed by atoms with Crippen LogP contribution in [0.4, 0.5) is 5.69 Å². The molecule has 16 heavy (non-hydrogen) atoms. The number of rotatable bonds is 0. The first-order valence-electron chi connectivity index (χ1n) is 4.97. The SMILES string of the molecule is Cc1ccc2c(c1)S(=O)(=O)C(C#N)C(C)N2. The molecule has 4 nitrogen and oxygen atoms in total. The lowest BCUT2D eigenvalue weighted by atomic mass is 10.2. The van der Waals surface area contributed by atoms with Crippen molar-refractivity contribution in [3.05, 3.63) is 23.8 Å². The highest BCUT2D eigenvalue weighted by Gasteiger charge is 2.38. The van der Waals surface area contributed by atoms with Crippen molar-refractivity contribution in [3.63, 3.8) is 0 Å². The van der Waals surface area contributed by atoms with E-state index in [0.29, 0.717) is 5.69 Å². The molecule has 1 aliphatic heterocycles. The number of nitriles is 1. The van der Waals surface area contributed by atoms with Crippen molar-refractivity contribution in [2.75, 3.05) is 5.32 Å². The van der Waals surface area contributed by atoms with E-state index in [9.17, 15) is 8.42 Å². The van der Waals surface area contributed by atoms with Crippen molar-refractivity contribution in [1.29, 1.82) is 5.26 Å². The normalized spacial score (nSPS) is 26.3. The van der Waals surface area contributed by atoms with Crippen LogP contribution in [0.1, 0.15) is 12.5 Å². The second-order valence-corrected chi connectivity index (χ2v) is 6.07. The molecule has 0 bridgehead atoms. The number of aryl methyl sites for hydroxylation is 1.